The summed E-state index contributed by atoms with van der Waals surface area (Å²) in [5, 5.41) is 3.31. The number of hydrogen-bond donors (Lipinski definition) is 4. The lowest BCUT2D eigenvalue weighted by Gasteiger charge is -2.18. The van der Waals surface area contributed by atoms with Gasteiger partial charge in [-0.15, -0.1) is 0 Å². The molecule has 18 heavy (non-hydrogen) atoms. The van der Waals surface area contributed by atoms with Crippen LogP contribution in [0.2, 0.25) is 0 Å². The standard InChI is InChI=1S/C14H26N4/c1-10(7-15)14(17)13-5-3-12(4-6-13)9-18-8-11(2)16/h3-6,10-11,14,18H,7-9,15-17H2,1-2H3. The molecule has 4 nitrogen and oxygen atoms in total. The van der Waals surface area contributed by atoms with Crippen LogP contribution in [0.25, 0.3) is 0 Å². The van der Waals surface area contributed by atoms with Crippen LogP contribution in [-0.4, -0.2) is 19.1 Å². The Morgan fingerprint density at radius 1 is 1.11 bits per heavy atom. The lowest BCUT2D eigenvalue weighted by molar-refractivity contribution is 0.481. The van der Waals surface area contributed by atoms with E-state index in [9.17, 15) is 0 Å². The first kappa shape index (κ1) is 15.1. The number of rotatable bonds is 7. The number of benzene rings is 1. The quantitative estimate of drug-likeness (QED) is 0.574. The lowest BCUT2D eigenvalue weighted by Crippen LogP contribution is -2.30. The van der Waals surface area contributed by atoms with Crippen molar-refractivity contribution in [1.29, 1.82) is 0 Å². The molecular weight excluding hydrogens is 224 g/mol. The smallest absolute Gasteiger partial charge is 0.0332 e. The van der Waals surface area contributed by atoms with Crippen molar-refractivity contribution in [3.05, 3.63) is 35.4 Å². The molecule has 0 aliphatic heterocycles. The van der Waals surface area contributed by atoms with E-state index in [1.807, 2.05) is 6.92 Å². The minimum Gasteiger partial charge on any atom is -0.330 e. The monoisotopic (exact) mass is 250 g/mol. The van der Waals surface area contributed by atoms with Crippen LogP contribution in [0.3, 0.4) is 0 Å². The Kier molecular flexibility index (Phi) is 6.29. The summed E-state index contributed by atoms with van der Waals surface area (Å²) in [4.78, 5) is 0. The molecule has 0 bridgehead atoms. The maximum Gasteiger partial charge on any atom is 0.0332 e. The lowest BCUT2D eigenvalue weighted by atomic mass is 9.95. The molecule has 0 fully saturated rings. The molecule has 0 spiro atoms. The largest absolute Gasteiger partial charge is 0.330 e. The van der Waals surface area contributed by atoms with E-state index in [1.165, 1.54) is 5.56 Å². The fourth-order valence-electron chi connectivity index (χ4n) is 1.78. The molecule has 0 saturated carbocycles. The van der Waals surface area contributed by atoms with Crippen molar-refractivity contribution in [2.75, 3.05) is 13.1 Å². The van der Waals surface area contributed by atoms with Gasteiger partial charge in [-0.3, -0.25) is 0 Å². The van der Waals surface area contributed by atoms with Gasteiger partial charge in [0.25, 0.3) is 0 Å². The van der Waals surface area contributed by atoms with E-state index in [2.05, 4.69) is 36.5 Å². The summed E-state index contributed by atoms with van der Waals surface area (Å²) in [7, 11) is 0. The van der Waals surface area contributed by atoms with Gasteiger partial charge in [0.05, 0.1) is 0 Å². The van der Waals surface area contributed by atoms with Gasteiger partial charge in [-0.1, -0.05) is 31.2 Å². The van der Waals surface area contributed by atoms with Gasteiger partial charge in [-0.25, -0.2) is 0 Å². The van der Waals surface area contributed by atoms with Crippen LogP contribution in [-0.2, 0) is 6.54 Å². The van der Waals surface area contributed by atoms with Crippen molar-refractivity contribution < 1.29 is 0 Å². The van der Waals surface area contributed by atoms with E-state index in [0.29, 0.717) is 12.5 Å². The van der Waals surface area contributed by atoms with Crippen molar-refractivity contribution >= 4 is 0 Å². The maximum atomic E-state index is 6.13. The third-order valence-corrected chi connectivity index (χ3v) is 3.14. The summed E-state index contributed by atoms with van der Waals surface area (Å²) in [6.07, 6.45) is 0. The first-order valence-corrected chi connectivity index (χ1v) is 6.55. The van der Waals surface area contributed by atoms with E-state index >= 15 is 0 Å². The van der Waals surface area contributed by atoms with Gasteiger partial charge < -0.3 is 22.5 Å². The maximum absolute atomic E-state index is 6.13. The van der Waals surface area contributed by atoms with Gasteiger partial charge in [-0.05, 0) is 30.5 Å². The van der Waals surface area contributed by atoms with Crippen molar-refractivity contribution in [3.8, 4) is 0 Å². The Balaban J connectivity index is 2.52. The zero-order valence-electron chi connectivity index (χ0n) is 11.4. The highest BCUT2D eigenvalue weighted by molar-refractivity contribution is 5.25. The van der Waals surface area contributed by atoms with E-state index < -0.39 is 0 Å². The molecular formula is C14H26N4. The minimum absolute atomic E-state index is 0.0149. The van der Waals surface area contributed by atoms with Crippen molar-refractivity contribution in [2.24, 2.45) is 23.1 Å². The van der Waals surface area contributed by atoms with Gasteiger partial charge in [0.2, 0.25) is 0 Å². The molecule has 4 heteroatoms. The molecule has 1 rings (SSSR count). The predicted molar refractivity (Wildman–Crippen MR) is 76.9 cm³/mol. The topological polar surface area (TPSA) is 90.1 Å². The average Bonchev–Trinajstić information content (AvgIpc) is 2.37. The second-order valence-corrected chi connectivity index (χ2v) is 5.09. The van der Waals surface area contributed by atoms with Gasteiger partial charge in [-0.2, -0.15) is 0 Å². The van der Waals surface area contributed by atoms with E-state index in [4.69, 9.17) is 17.2 Å². The Morgan fingerprint density at radius 2 is 1.72 bits per heavy atom. The van der Waals surface area contributed by atoms with Gasteiger partial charge in [0, 0.05) is 25.2 Å². The summed E-state index contributed by atoms with van der Waals surface area (Å²) >= 11 is 0. The van der Waals surface area contributed by atoms with Crippen LogP contribution in [0, 0.1) is 5.92 Å². The van der Waals surface area contributed by atoms with Crippen LogP contribution in [0.4, 0.5) is 0 Å². The number of nitrogens with two attached hydrogens (primary N) is 3. The van der Waals surface area contributed by atoms with Gasteiger partial charge in [0.1, 0.15) is 0 Å². The number of nitrogens with one attached hydrogen (secondary N) is 1. The predicted octanol–water partition coefficient (Wildman–Crippen LogP) is 0.718. The third-order valence-electron chi connectivity index (χ3n) is 3.14. The second-order valence-electron chi connectivity index (χ2n) is 5.09. The molecule has 1 aromatic carbocycles. The van der Waals surface area contributed by atoms with Gasteiger partial charge >= 0.3 is 0 Å². The zero-order valence-corrected chi connectivity index (χ0v) is 11.4. The zero-order chi connectivity index (χ0) is 13.5. The molecule has 0 aliphatic rings. The van der Waals surface area contributed by atoms with Crippen molar-refractivity contribution in [2.45, 2.75) is 32.5 Å². The van der Waals surface area contributed by atoms with E-state index in [0.717, 1.165) is 18.7 Å². The van der Waals surface area contributed by atoms with Gasteiger partial charge in [0.15, 0.2) is 0 Å². The fourth-order valence-corrected chi connectivity index (χ4v) is 1.78. The first-order valence-electron chi connectivity index (χ1n) is 6.55. The molecule has 1 aromatic rings. The summed E-state index contributed by atoms with van der Waals surface area (Å²) < 4.78 is 0. The fraction of sp³-hybridized carbons (Fsp3) is 0.571. The number of hydrogen-bond acceptors (Lipinski definition) is 4. The molecule has 102 valence electrons. The molecule has 0 amide bonds. The van der Waals surface area contributed by atoms with Crippen LogP contribution >= 0.6 is 0 Å². The molecule has 0 saturated heterocycles. The molecule has 0 aromatic heterocycles. The molecule has 3 unspecified atom stereocenters. The normalized spacial score (nSPS) is 16.3. The van der Waals surface area contributed by atoms with Crippen LogP contribution in [0.15, 0.2) is 24.3 Å². The Labute approximate surface area is 110 Å². The minimum atomic E-state index is 0.0149. The molecule has 0 radical (unpaired) electrons. The van der Waals surface area contributed by atoms with Crippen LogP contribution in [0.5, 0.6) is 0 Å². The molecule has 0 aliphatic carbocycles. The average molecular weight is 250 g/mol. The molecule has 3 atom stereocenters. The van der Waals surface area contributed by atoms with E-state index in [-0.39, 0.29) is 12.1 Å². The summed E-state index contributed by atoms with van der Waals surface area (Å²) in [5.41, 5.74) is 19.8. The highest BCUT2D eigenvalue weighted by Gasteiger charge is 2.12. The molecule has 7 N–H and O–H groups in total. The van der Waals surface area contributed by atoms with Crippen molar-refractivity contribution in [3.63, 3.8) is 0 Å². The second kappa shape index (κ2) is 7.48. The van der Waals surface area contributed by atoms with Crippen LogP contribution in [0.1, 0.15) is 31.0 Å². The Morgan fingerprint density at radius 3 is 2.22 bits per heavy atom. The summed E-state index contributed by atoms with van der Waals surface area (Å²) in [6.45, 7) is 6.33. The van der Waals surface area contributed by atoms with Crippen molar-refractivity contribution in [1.82, 2.24) is 5.32 Å². The van der Waals surface area contributed by atoms with Crippen LogP contribution < -0.4 is 22.5 Å². The van der Waals surface area contributed by atoms with E-state index in [1.54, 1.807) is 0 Å². The Bertz CT molecular complexity index is 334. The first-order chi connectivity index (χ1) is 8.54. The summed E-state index contributed by atoms with van der Waals surface area (Å²) in [6, 6.07) is 8.57. The Hall–Kier alpha value is -0.940. The summed E-state index contributed by atoms with van der Waals surface area (Å²) in [5.74, 6) is 0.298. The highest BCUT2D eigenvalue weighted by Crippen LogP contribution is 2.18. The molecule has 0 heterocycles. The SMILES string of the molecule is CC(N)CNCc1ccc(C(N)C(C)CN)cc1. The third kappa shape index (κ3) is 4.74. The highest BCUT2D eigenvalue weighted by atomic mass is 14.9.